The Balaban J connectivity index is 1.55. The number of amidine groups is 1. The van der Waals surface area contributed by atoms with E-state index in [0.717, 1.165) is 50.0 Å². The van der Waals surface area contributed by atoms with Crippen molar-refractivity contribution in [2.75, 3.05) is 30.4 Å². The summed E-state index contributed by atoms with van der Waals surface area (Å²) in [6.07, 6.45) is 9.71. The average molecular weight is 386 g/mol. The van der Waals surface area contributed by atoms with Crippen LogP contribution in [-0.4, -0.2) is 42.2 Å². The Bertz CT molecular complexity index is 768. The van der Waals surface area contributed by atoms with E-state index in [0.29, 0.717) is 11.6 Å². The number of carbonyl (C=O) groups is 1. The number of halogens is 1. The van der Waals surface area contributed by atoms with Crippen LogP contribution >= 0.6 is 11.6 Å². The normalized spacial score (nSPS) is 20.3. The molecule has 0 unspecified atom stereocenters. The number of unbranched alkanes of at least 4 members (excludes halogenated alkanes) is 2. The number of aliphatic imine (C=N–C) groups is 1. The Morgan fingerprint density at radius 1 is 1.11 bits per heavy atom. The van der Waals surface area contributed by atoms with Gasteiger partial charge in [-0.15, -0.1) is 11.6 Å². The lowest BCUT2D eigenvalue weighted by Gasteiger charge is -2.37. The highest BCUT2D eigenvalue weighted by molar-refractivity contribution is 6.17. The van der Waals surface area contributed by atoms with E-state index in [1.807, 2.05) is 17.9 Å². The number of rotatable bonds is 6. The largest absolute Gasteiger partial charge is 0.371 e. The lowest BCUT2D eigenvalue weighted by atomic mass is 9.90. The predicted molar refractivity (Wildman–Crippen MR) is 113 cm³/mol. The zero-order chi connectivity index (χ0) is 18.8. The van der Waals surface area contributed by atoms with Crippen LogP contribution in [0.5, 0.6) is 0 Å². The molecule has 0 saturated heterocycles. The first-order chi connectivity index (χ1) is 13.2. The molecule has 0 saturated carbocycles. The number of benzene rings is 1. The molecule has 0 spiro atoms. The maximum Gasteiger partial charge on any atom is 0.277 e. The number of carbonyl (C=O) groups excluding carboxylic acids is 1. The number of anilines is 1. The average Bonchev–Trinajstić information content (AvgIpc) is 2.93. The monoisotopic (exact) mass is 385 g/mol. The molecule has 1 amide bonds. The van der Waals surface area contributed by atoms with Crippen LogP contribution in [-0.2, 0) is 17.6 Å². The fourth-order valence-corrected chi connectivity index (χ4v) is 4.73. The van der Waals surface area contributed by atoms with Crippen LogP contribution in [0.1, 0.15) is 55.7 Å². The van der Waals surface area contributed by atoms with Crippen molar-refractivity contribution >= 4 is 35.1 Å². The molecule has 4 rings (SSSR count). The summed E-state index contributed by atoms with van der Waals surface area (Å²) in [6.45, 7) is 5.02. The number of alkyl halides is 1. The molecular formula is C22H28ClN3O. The van der Waals surface area contributed by atoms with Gasteiger partial charge < -0.3 is 4.90 Å². The summed E-state index contributed by atoms with van der Waals surface area (Å²) in [7, 11) is 0. The summed E-state index contributed by atoms with van der Waals surface area (Å²) >= 11 is 5.74. The highest BCUT2D eigenvalue weighted by atomic mass is 35.5. The quantitative estimate of drug-likeness (QED) is 0.413. The summed E-state index contributed by atoms with van der Waals surface area (Å²) in [5.74, 6) is 1.53. The van der Waals surface area contributed by atoms with E-state index in [9.17, 15) is 4.79 Å². The Kier molecular flexibility index (Phi) is 5.53. The molecule has 3 aliphatic rings. The van der Waals surface area contributed by atoms with Crippen LogP contribution in [0.3, 0.4) is 0 Å². The van der Waals surface area contributed by atoms with E-state index < -0.39 is 0 Å². The van der Waals surface area contributed by atoms with Crippen molar-refractivity contribution in [3.63, 3.8) is 0 Å². The molecule has 0 aromatic heterocycles. The van der Waals surface area contributed by atoms with Crippen LogP contribution in [0.4, 0.5) is 5.69 Å². The lowest BCUT2D eigenvalue weighted by Crippen LogP contribution is -2.34. The second-order valence-electron chi connectivity index (χ2n) is 7.78. The molecule has 1 aromatic carbocycles. The van der Waals surface area contributed by atoms with Gasteiger partial charge in [-0.25, -0.2) is 4.99 Å². The molecule has 1 aromatic rings. The van der Waals surface area contributed by atoms with Crippen molar-refractivity contribution in [1.29, 1.82) is 0 Å². The van der Waals surface area contributed by atoms with Gasteiger partial charge in [0.1, 0.15) is 11.5 Å². The van der Waals surface area contributed by atoms with Crippen LogP contribution in [0.15, 0.2) is 22.8 Å². The first-order valence-electron chi connectivity index (χ1n) is 10.2. The minimum atomic E-state index is 0.0337. The van der Waals surface area contributed by atoms with E-state index in [1.165, 1.54) is 42.7 Å². The van der Waals surface area contributed by atoms with Gasteiger partial charge >= 0.3 is 0 Å². The van der Waals surface area contributed by atoms with Crippen molar-refractivity contribution < 1.29 is 4.79 Å². The van der Waals surface area contributed by atoms with E-state index in [1.54, 1.807) is 0 Å². The molecule has 0 fully saturated rings. The van der Waals surface area contributed by atoms with Gasteiger partial charge in [0.15, 0.2) is 0 Å². The van der Waals surface area contributed by atoms with Crippen molar-refractivity contribution in [3.8, 4) is 0 Å². The van der Waals surface area contributed by atoms with E-state index in [4.69, 9.17) is 11.6 Å². The Morgan fingerprint density at radius 3 is 2.48 bits per heavy atom. The fraction of sp³-hybridized carbons (Fsp3) is 0.545. The number of nitrogens with zero attached hydrogens (tertiary/aromatic N) is 3. The summed E-state index contributed by atoms with van der Waals surface area (Å²) in [4.78, 5) is 21.7. The summed E-state index contributed by atoms with van der Waals surface area (Å²) in [5.41, 5.74) is 6.04. The minimum Gasteiger partial charge on any atom is -0.371 e. The highest BCUT2D eigenvalue weighted by Gasteiger charge is 2.28. The van der Waals surface area contributed by atoms with E-state index in [-0.39, 0.29) is 5.91 Å². The number of hydrogen-bond donors (Lipinski definition) is 0. The van der Waals surface area contributed by atoms with Crippen molar-refractivity contribution in [2.45, 2.75) is 51.9 Å². The first kappa shape index (κ1) is 18.5. The maximum atomic E-state index is 12.8. The van der Waals surface area contributed by atoms with Gasteiger partial charge in [0, 0.05) is 31.2 Å². The molecule has 0 bridgehead atoms. The zero-order valence-electron chi connectivity index (χ0n) is 16.1. The van der Waals surface area contributed by atoms with Crippen LogP contribution in [0.2, 0.25) is 0 Å². The van der Waals surface area contributed by atoms with Crippen LogP contribution < -0.4 is 4.90 Å². The maximum absolute atomic E-state index is 12.8. The molecule has 5 heteroatoms. The Morgan fingerprint density at radius 2 is 1.81 bits per heavy atom. The first-order valence-corrected chi connectivity index (χ1v) is 10.8. The van der Waals surface area contributed by atoms with Gasteiger partial charge in [-0.3, -0.25) is 9.69 Å². The molecule has 0 N–H and O–H groups in total. The molecule has 144 valence electrons. The zero-order valence-corrected chi connectivity index (χ0v) is 16.9. The molecule has 3 heterocycles. The van der Waals surface area contributed by atoms with Gasteiger partial charge in [-0.05, 0) is 80.3 Å². The number of aryl methyl sites for hydroxylation is 2. The third kappa shape index (κ3) is 3.77. The third-order valence-electron chi connectivity index (χ3n) is 5.81. The lowest BCUT2D eigenvalue weighted by molar-refractivity contribution is -0.122. The summed E-state index contributed by atoms with van der Waals surface area (Å²) in [6, 6.07) is 4.54. The number of hydrogen-bond acceptors (Lipinski definition) is 3. The predicted octanol–water partition coefficient (Wildman–Crippen LogP) is 4.40. The molecule has 0 aliphatic carbocycles. The number of amides is 1. The van der Waals surface area contributed by atoms with Gasteiger partial charge in [0.05, 0.1) is 0 Å². The van der Waals surface area contributed by atoms with Gasteiger partial charge in [-0.2, -0.15) is 0 Å². The van der Waals surface area contributed by atoms with Crippen molar-refractivity contribution in [1.82, 2.24) is 4.90 Å². The van der Waals surface area contributed by atoms with E-state index in [2.05, 4.69) is 22.0 Å². The standard InChI is InChI=1S/C22H28ClN3O/c1-16-24-20(22(27)26(16)12-4-2-3-9-23)15-17-13-18-7-5-10-25-11-6-8-19(14-17)21(18)25/h13-15H,2-12H2,1H3/b20-15-. The van der Waals surface area contributed by atoms with Crippen molar-refractivity contribution in [2.24, 2.45) is 4.99 Å². The van der Waals surface area contributed by atoms with Crippen LogP contribution in [0.25, 0.3) is 6.08 Å². The van der Waals surface area contributed by atoms with Crippen molar-refractivity contribution in [3.05, 3.63) is 34.5 Å². The molecule has 0 radical (unpaired) electrons. The molecule has 0 atom stereocenters. The Labute approximate surface area is 166 Å². The second-order valence-corrected chi connectivity index (χ2v) is 8.15. The SMILES string of the molecule is CC1=N/C(=C\c2cc3c4c(c2)CCCN4CCC3)C(=O)N1CCCCCCl. The van der Waals surface area contributed by atoms with Gasteiger partial charge in [-0.1, -0.05) is 6.42 Å². The molecule has 27 heavy (non-hydrogen) atoms. The topological polar surface area (TPSA) is 35.9 Å². The highest BCUT2D eigenvalue weighted by Crippen LogP contribution is 2.36. The summed E-state index contributed by atoms with van der Waals surface area (Å²) < 4.78 is 0. The fourth-order valence-electron chi connectivity index (χ4n) is 4.54. The Hall–Kier alpha value is -1.81. The van der Waals surface area contributed by atoms with Crippen LogP contribution in [0, 0.1) is 0 Å². The molecule has 4 nitrogen and oxygen atoms in total. The second kappa shape index (κ2) is 8.05. The van der Waals surface area contributed by atoms with E-state index >= 15 is 0 Å². The smallest absolute Gasteiger partial charge is 0.277 e. The third-order valence-corrected chi connectivity index (χ3v) is 6.08. The minimum absolute atomic E-state index is 0.0337. The summed E-state index contributed by atoms with van der Waals surface area (Å²) in [5, 5.41) is 0. The van der Waals surface area contributed by atoms with Gasteiger partial charge in [0.25, 0.3) is 5.91 Å². The van der Waals surface area contributed by atoms with Gasteiger partial charge in [0.2, 0.25) is 0 Å². The molecular weight excluding hydrogens is 358 g/mol. The molecule has 3 aliphatic heterocycles.